The largest absolute Gasteiger partial charge is 0.455 e. The lowest BCUT2D eigenvalue weighted by Gasteiger charge is -2.41. The lowest BCUT2D eigenvalue weighted by atomic mass is 9.44. The van der Waals surface area contributed by atoms with E-state index < -0.39 is 0 Å². The fraction of sp³-hybridized carbons (Fsp3) is 0. The van der Waals surface area contributed by atoms with Crippen LogP contribution in [0.15, 0.2) is 300 Å². The van der Waals surface area contributed by atoms with Crippen LogP contribution >= 0.6 is 0 Å². The fourth-order valence-electron chi connectivity index (χ4n) is 18.4. The van der Waals surface area contributed by atoms with Crippen LogP contribution in [-0.4, -0.2) is 22.7 Å². The Morgan fingerprint density at radius 3 is 1.40 bits per heavy atom. The van der Waals surface area contributed by atoms with Crippen molar-refractivity contribution in [2.24, 2.45) is 0 Å². The Hall–Kier alpha value is -12.5. The first-order chi connectivity index (χ1) is 47.6. The van der Waals surface area contributed by atoms with Gasteiger partial charge in [0.1, 0.15) is 22.3 Å². The highest BCUT2D eigenvalue weighted by molar-refractivity contribution is 6.91. The van der Waals surface area contributed by atoms with Gasteiger partial charge in [0.15, 0.2) is 0 Å². The van der Waals surface area contributed by atoms with Gasteiger partial charge in [0.2, 0.25) is 0 Å². The topological polar surface area (TPSA) is 42.6 Å². The van der Waals surface area contributed by atoms with E-state index in [0.29, 0.717) is 0 Å². The summed E-state index contributed by atoms with van der Waals surface area (Å²) in [5.41, 5.74) is 27.2. The molecule has 0 bridgehead atoms. The number of aromatic nitrogens is 2. The molecular weight excluding hydrogens is 1170 g/mol. The molecule has 4 aromatic heterocycles. The summed E-state index contributed by atoms with van der Waals surface area (Å²) in [6.45, 7) is -0.340. The van der Waals surface area contributed by atoms with E-state index >= 15 is 0 Å². The van der Waals surface area contributed by atoms with E-state index in [1.165, 1.54) is 137 Å². The first-order valence-corrected chi connectivity index (χ1v) is 33.3. The Balaban J connectivity index is 0.772. The molecule has 4 aliphatic heterocycles. The number of anilines is 6. The summed E-state index contributed by atoms with van der Waals surface area (Å²) in [5, 5.41) is 19.0. The van der Waals surface area contributed by atoms with E-state index in [2.05, 4.69) is 310 Å². The number of para-hydroxylation sites is 5. The lowest BCUT2D eigenvalue weighted by molar-refractivity contribution is 0.670. The zero-order chi connectivity index (χ0) is 61.9. The minimum absolute atomic E-state index is 0.143. The molecule has 24 rings (SSSR count). The van der Waals surface area contributed by atoms with Gasteiger partial charge in [-0.3, -0.25) is 0 Å². The minimum atomic E-state index is -0.197. The Labute approximate surface area is 549 Å². The van der Waals surface area contributed by atoms with Crippen molar-refractivity contribution in [2.45, 2.75) is 0 Å². The molecule has 20 aromatic rings. The smallest absolute Gasteiger partial charge is 0.333 e. The molecule has 0 radical (unpaired) electrons. The Kier molecular flexibility index (Phi) is 9.28. The lowest BCUT2D eigenvalue weighted by Crippen LogP contribution is -2.56. The summed E-state index contributed by atoms with van der Waals surface area (Å²) in [7, 11) is 0. The van der Waals surface area contributed by atoms with E-state index in [-0.39, 0.29) is 13.7 Å². The normalized spacial score (nSPS) is 13.5. The van der Waals surface area contributed by atoms with Gasteiger partial charge in [0, 0.05) is 128 Å². The third-order valence-corrected chi connectivity index (χ3v) is 22.3. The SMILES string of the molecule is c1ccc2cc(N3c4cc5ccccc5cc4B4c5c3cc3c(oc6ccccc63)c5-c3cccc5c6cc(-c7cccc8c7oc7cc9c%10c(c78)-c7cccc8c%11ccccc%11n(c78)B%10c7cc8ccccc8cc7N9c7ccc8ccccc8c7)ccc6n4c35)ccc2c1. The number of fused-ring (bicyclic) bond motifs is 26. The molecule has 438 valence electrons. The molecule has 0 unspecified atom stereocenters. The first-order valence-electron chi connectivity index (χ1n) is 33.3. The highest BCUT2D eigenvalue weighted by Gasteiger charge is 2.47. The molecule has 0 saturated heterocycles. The Bertz CT molecular complexity index is 7030. The third kappa shape index (κ3) is 6.26. The van der Waals surface area contributed by atoms with Crippen molar-refractivity contribution in [3.8, 4) is 33.4 Å². The van der Waals surface area contributed by atoms with Crippen molar-refractivity contribution in [2.75, 3.05) is 9.80 Å². The maximum atomic E-state index is 7.67. The summed E-state index contributed by atoms with van der Waals surface area (Å²) in [4.78, 5) is 5.08. The second-order valence-electron chi connectivity index (χ2n) is 26.9. The van der Waals surface area contributed by atoms with E-state index in [1.54, 1.807) is 0 Å². The molecule has 0 saturated carbocycles. The average molecular weight is 1220 g/mol. The maximum absolute atomic E-state index is 7.67. The highest BCUT2D eigenvalue weighted by Crippen LogP contribution is 2.54. The second kappa shape index (κ2) is 17.8. The number of nitrogens with zero attached hydrogens (tertiary/aromatic N) is 4. The van der Waals surface area contributed by atoms with Crippen molar-refractivity contribution in [3.05, 3.63) is 291 Å². The van der Waals surface area contributed by atoms with Crippen LogP contribution in [0.5, 0.6) is 0 Å². The molecule has 0 spiro atoms. The van der Waals surface area contributed by atoms with Gasteiger partial charge >= 0.3 is 13.7 Å². The van der Waals surface area contributed by atoms with Crippen LogP contribution in [0.3, 0.4) is 0 Å². The molecule has 8 heteroatoms. The average Bonchev–Trinajstić information content (AvgIpc) is 1.29. The van der Waals surface area contributed by atoms with Crippen molar-refractivity contribution in [1.29, 1.82) is 0 Å². The van der Waals surface area contributed by atoms with E-state index in [0.717, 1.165) is 83.3 Å². The van der Waals surface area contributed by atoms with Crippen molar-refractivity contribution >= 4 is 200 Å². The van der Waals surface area contributed by atoms with Gasteiger partial charge in [-0.1, -0.05) is 218 Å². The molecular formula is C88H48B2N4O2. The number of benzene rings is 16. The monoisotopic (exact) mass is 1210 g/mol. The predicted molar refractivity (Wildman–Crippen MR) is 404 cm³/mol. The molecule has 8 heterocycles. The maximum Gasteiger partial charge on any atom is 0.333 e. The molecule has 0 amide bonds. The van der Waals surface area contributed by atoms with Gasteiger partial charge in [-0.25, -0.2) is 0 Å². The quantitative estimate of drug-likeness (QED) is 0.165. The molecule has 0 fully saturated rings. The van der Waals surface area contributed by atoms with Gasteiger partial charge < -0.3 is 27.6 Å². The summed E-state index contributed by atoms with van der Waals surface area (Å²) in [6.07, 6.45) is 0. The van der Waals surface area contributed by atoms with Crippen molar-refractivity contribution < 1.29 is 8.83 Å². The number of rotatable bonds is 3. The molecule has 4 aliphatic rings. The van der Waals surface area contributed by atoms with E-state index in [9.17, 15) is 0 Å². The van der Waals surface area contributed by atoms with Crippen molar-refractivity contribution in [1.82, 2.24) is 8.96 Å². The van der Waals surface area contributed by atoms with Gasteiger partial charge in [0.05, 0.1) is 0 Å². The molecule has 0 atom stereocenters. The molecule has 16 aromatic carbocycles. The van der Waals surface area contributed by atoms with Crippen LogP contribution < -0.4 is 31.7 Å². The zero-order valence-electron chi connectivity index (χ0n) is 51.5. The Morgan fingerprint density at radius 1 is 0.271 bits per heavy atom. The summed E-state index contributed by atoms with van der Waals surface area (Å²) in [6, 6.07) is 109. The minimum Gasteiger partial charge on any atom is -0.455 e. The van der Waals surface area contributed by atoms with Gasteiger partial charge in [-0.05, 0) is 143 Å². The van der Waals surface area contributed by atoms with Gasteiger partial charge in [-0.2, -0.15) is 0 Å². The highest BCUT2D eigenvalue weighted by atomic mass is 16.3. The van der Waals surface area contributed by atoms with Crippen LogP contribution in [0.25, 0.3) is 164 Å². The zero-order valence-corrected chi connectivity index (χ0v) is 51.5. The predicted octanol–water partition coefficient (Wildman–Crippen LogP) is 20.8. The fourth-order valence-corrected chi connectivity index (χ4v) is 18.4. The summed E-state index contributed by atoms with van der Waals surface area (Å²) in [5.74, 6) is 0. The van der Waals surface area contributed by atoms with Crippen LogP contribution in [-0.2, 0) is 0 Å². The summed E-state index contributed by atoms with van der Waals surface area (Å²) < 4.78 is 20.2. The standard InChI is InChI=1S/C88H48B2N4O2/c1-3-18-51-40-58(37-34-49(51)16-1)91-74-45-55-22-7-6-21-54(55)44-71(74)90-84-76(91)47-69-62-25-10-12-33-78(62)95-88(69)82(84)66-30-15-28-64-68-42-57(36-39-73(68)94(90)86(64)66)60-26-13-31-67-80-79(96-87(60)67)48-77-83-81(80)65-29-14-27-63-61-24-9-11-32-72(61)93(85(63)65)89(83)70-43-53-20-5-8-23-56(53)46-75(70)92(77)59-38-35-50-17-2-4-19-52(50)41-59/h1-48H. The number of hydrogen-bond acceptors (Lipinski definition) is 4. The van der Waals surface area contributed by atoms with Crippen LogP contribution in [0, 0.1) is 0 Å². The van der Waals surface area contributed by atoms with E-state index in [1.807, 2.05) is 0 Å². The van der Waals surface area contributed by atoms with Gasteiger partial charge in [0.25, 0.3) is 0 Å². The van der Waals surface area contributed by atoms with Crippen LogP contribution in [0.2, 0.25) is 0 Å². The second-order valence-corrected chi connectivity index (χ2v) is 26.9. The van der Waals surface area contributed by atoms with Crippen LogP contribution in [0.4, 0.5) is 34.1 Å². The van der Waals surface area contributed by atoms with Gasteiger partial charge in [-0.15, -0.1) is 0 Å². The molecule has 6 nitrogen and oxygen atoms in total. The number of furan rings is 2. The number of hydrogen-bond donors (Lipinski definition) is 0. The van der Waals surface area contributed by atoms with E-state index in [4.69, 9.17) is 8.83 Å². The molecule has 0 aliphatic carbocycles. The van der Waals surface area contributed by atoms with Crippen molar-refractivity contribution in [3.63, 3.8) is 0 Å². The van der Waals surface area contributed by atoms with Crippen LogP contribution in [0.1, 0.15) is 0 Å². The first kappa shape index (κ1) is 50.1. The molecule has 96 heavy (non-hydrogen) atoms. The third-order valence-electron chi connectivity index (χ3n) is 22.3. The summed E-state index contributed by atoms with van der Waals surface area (Å²) >= 11 is 0. The molecule has 0 N–H and O–H groups in total. The Morgan fingerprint density at radius 2 is 0.750 bits per heavy atom.